The van der Waals surface area contributed by atoms with Gasteiger partial charge in [-0.1, -0.05) is 19.1 Å². The molecule has 1 aromatic carbocycles. The van der Waals surface area contributed by atoms with Crippen LogP contribution in [0, 0.1) is 0 Å². The van der Waals surface area contributed by atoms with Crippen LogP contribution in [0.3, 0.4) is 0 Å². The number of amides is 1. The molecule has 116 valence electrons. The van der Waals surface area contributed by atoms with Gasteiger partial charge in [0.15, 0.2) is 17.6 Å². The number of likely N-dealkylation sites (tertiary alicyclic amines) is 1. The van der Waals surface area contributed by atoms with Crippen molar-refractivity contribution in [2.75, 3.05) is 20.7 Å². The van der Waals surface area contributed by atoms with Gasteiger partial charge in [0.25, 0.3) is 5.91 Å². The second kappa shape index (κ2) is 6.80. The van der Waals surface area contributed by atoms with Gasteiger partial charge < -0.3 is 20.1 Å². The predicted molar refractivity (Wildman–Crippen MR) is 81.6 cm³/mol. The van der Waals surface area contributed by atoms with E-state index < -0.39 is 6.10 Å². The van der Waals surface area contributed by atoms with Gasteiger partial charge in [-0.15, -0.1) is 0 Å². The zero-order chi connectivity index (χ0) is 15.4. The third-order valence-corrected chi connectivity index (χ3v) is 3.93. The number of nitrogens with zero attached hydrogens (tertiary/aromatic N) is 1. The molecule has 21 heavy (non-hydrogen) atoms. The van der Waals surface area contributed by atoms with Crippen molar-refractivity contribution >= 4 is 5.91 Å². The Morgan fingerprint density at radius 1 is 1.48 bits per heavy atom. The third kappa shape index (κ3) is 3.47. The number of rotatable bonds is 6. The molecule has 0 saturated carbocycles. The molecule has 2 rings (SSSR count). The highest BCUT2D eigenvalue weighted by atomic mass is 16.5. The van der Waals surface area contributed by atoms with Crippen LogP contribution in [0.15, 0.2) is 18.2 Å². The number of methoxy groups -OCH3 is 1. The lowest BCUT2D eigenvalue weighted by molar-refractivity contribution is -0.132. The molecule has 1 heterocycles. The average Bonchev–Trinajstić information content (AvgIpc) is 2.80. The molecular formula is C16H24N2O3. The van der Waals surface area contributed by atoms with E-state index in [1.807, 2.05) is 18.2 Å². The minimum absolute atomic E-state index is 0.0200. The van der Waals surface area contributed by atoms with Crippen LogP contribution in [-0.2, 0) is 11.2 Å². The van der Waals surface area contributed by atoms with Crippen LogP contribution in [0.5, 0.6) is 11.5 Å². The summed E-state index contributed by atoms with van der Waals surface area (Å²) in [7, 11) is 3.40. The maximum Gasteiger partial charge on any atom is 0.263 e. The van der Waals surface area contributed by atoms with E-state index in [0.717, 1.165) is 18.5 Å². The van der Waals surface area contributed by atoms with E-state index in [-0.39, 0.29) is 11.9 Å². The van der Waals surface area contributed by atoms with Crippen LogP contribution in [0.25, 0.3) is 0 Å². The molecule has 0 spiro atoms. The van der Waals surface area contributed by atoms with Crippen LogP contribution in [0.2, 0.25) is 0 Å². The van der Waals surface area contributed by atoms with E-state index in [0.29, 0.717) is 24.3 Å². The molecular weight excluding hydrogens is 268 g/mol. The van der Waals surface area contributed by atoms with Gasteiger partial charge in [-0.2, -0.15) is 0 Å². The summed E-state index contributed by atoms with van der Waals surface area (Å²) in [6.07, 6.45) is 1.87. The molecule has 1 fully saturated rings. The standard InChI is InChI=1S/C16H24N2O3/c1-4-12(17)10-11-6-5-7-13(20-3)15(11)21-14-8-9-18(2)16(14)19/h5-7,12,14H,4,8-10,17H2,1-3H3. The quantitative estimate of drug-likeness (QED) is 0.864. The van der Waals surface area contributed by atoms with Crippen molar-refractivity contribution < 1.29 is 14.3 Å². The third-order valence-electron chi connectivity index (χ3n) is 3.93. The van der Waals surface area contributed by atoms with Gasteiger partial charge in [-0.05, 0) is 24.5 Å². The zero-order valence-electron chi connectivity index (χ0n) is 13.0. The first-order valence-corrected chi connectivity index (χ1v) is 7.39. The molecule has 5 nitrogen and oxygen atoms in total. The fourth-order valence-electron chi connectivity index (χ4n) is 2.49. The van der Waals surface area contributed by atoms with Crippen molar-refractivity contribution in [2.45, 2.75) is 38.3 Å². The zero-order valence-corrected chi connectivity index (χ0v) is 13.0. The largest absolute Gasteiger partial charge is 0.493 e. The number of benzene rings is 1. The fraction of sp³-hybridized carbons (Fsp3) is 0.562. The summed E-state index contributed by atoms with van der Waals surface area (Å²) in [5.74, 6) is 1.32. The fourth-order valence-corrected chi connectivity index (χ4v) is 2.49. The summed E-state index contributed by atoms with van der Waals surface area (Å²) >= 11 is 0. The number of likely N-dealkylation sites (N-methyl/N-ethyl adjacent to an activating group) is 1. The maximum atomic E-state index is 12.0. The molecule has 2 N–H and O–H groups in total. The lowest BCUT2D eigenvalue weighted by atomic mass is 10.0. The van der Waals surface area contributed by atoms with E-state index in [2.05, 4.69) is 6.92 Å². The average molecular weight is 292 g/mol. The Balaban J connectivity index is 2.25. The van der Waals surface area contributed by atoms with E-state index >= 15 is 0 Å². The SMILES string of the molecule is CCC(N)Cc1cccc(OC)c1OC1CCN(C)C1=O. The molecule has 1 amide bonds. The van der Waals surface area contributed by atoms with Crippen LogP contribution >= 0.6 is 0 Å². The van der Waals surface area contributed by atoms with Crippen molar-refractivity contribution in [1.29, 1.82) is 0 Å². The summed E-state index contributed by atoms with van der Waals surface area (Å²) in [6, 6.07) is 5.82. The minimum Gasteiger partial charge on any atom is -0.493 e. The van der Waals surface area contributed by atoms with E-state index in [9.17, 15) is 4.79 Å². The molecule has 1 aliphatic heterocycles. The summed E-state index contributed by atoms with van der Waals surface area (Å²) in [5, 5.41) is 0. The van der Waals surface area contributed by atoms with E-state index in [4.69, 9.17) is 15.2 Å². The van der Waals surface area contributed by atoms with Crippen LogP contribution in [-0.4, -0.2) is 43.7 Å². The number of hydrogen-bond donors (Lipinski definition) is 1. The van der Waals surface area contributed by atoms with E-state index in [1.165, 1.54) is 0 Å². The van der Waals surface area contributed by atoms with Gasteiger partial charge in [-0.25, -0.2) is 0 Å². The summed E-state index contributed by atoms with van der Waals surface area (Å²) in [5.41, 5.74) is 7.04. The monoisotopic (exact) mass is 292 g/mol. The predicted octanol–water partition coefficient (Wildman–Crippen LogP) is 1.58. The summed E-state index contributed by atoms with van der Waals surface area (Å²) in [4.78, 5) is 13.7. The lowest BCUT2D eigenvalue weighted by Gasteiger charge is -2.20. The van der Waals surface area contributed by atoms with Crippen molar-refractivity contribution in [3.8, 4) is 11.5 Å². The Hall–Kier alpha value is -1.75. The van der Waals surface area contributed by atoms with Crippen molar-refractivity contribution in [2.24, 2.45) is 5.73 Å². The number of nitrogens with two attached hydrogens (primary N) is 1. The number of hydrogen-bond acceptors (Lipinski definition) is 4. The van der Waals surface area contributed by atoms with Crippen LogP contribution in [0.1, 0.15) is 25.3 Å². The van der Waals surface area contributed by atoms with Crippen LogP contribution < -0.4 is 15.2 Å². The second-order valence-corrected chi connectivity index (χ2v) is 5.48. The number of carbonyl (C=O) groups excluding carboxylic acids is 1. The Labute approximate surface area is 126 Å². The molecule has 1 aromatic rings. The smallest absolute Gasteiger partial charge is 0.263 e. The Morgan fingerprint density at radius 3 is 2.81 bits per heavy atom. The number of para-hydroxylation sites is 1. The molecule has 5 heteroatoms. The molecule has 0 bridgehead atoms. The van der Waals surface area contributed by atoms with Gasteiger partial charge in [0.05, 0.1) is 7.11 Å². The van der Waals surface area contributed by atoms with Crippen molar-refractivity contribution in [3.05, 3.63) is 23.8 Å². The highest BCUT2D eigenvalue weighted by Gasteiger charge is 2.32. The Kier molecular flexibility index (Phi) is 5.07. The van der Waals surface area contributed by atoms with Crippen molar-refractivity contribution in [3.63, 3.8) is 0 Å². The number of carbonyl (C=O) groups is 1. The van der Waals surface area contributed by atoms with E-state index in [1.54, 1.807) is 19.1 Å². The molecule has 1 saturated heterocycles. The Bertz CT molecular complexity index is 504. The van der Waals surface area contributed by atoms with Gasteiger partial charge >= 0.3 is 0 Å². The summed E-state index contributed by atoms with van der Waals surface area (Å²) < 4.78 is 11.4. The molecule has 0 radical (unpaired) electrons. The Morgan fingerprint density at radius 2 is 2.24 bits per heavy atom. The van der Waals surface area contributed by atoms with Gasteiger partial charge in [0.1, 0.15) is 0 Å². The van der Waals surface area contributed by atoms with Crippen molar-refractivity contribution in [1.82, 2.24) is 4.90 Å². The lowest BCUT2D eigenvalue weighted by Crippen LogP contribution is -2.30. The second-order valence-electron chi connectivity index (χ2n) is 5.48. The number of ether oxygens (including phenoxy) is 2. The normalized spacial score (nSPS) is 19.7. The van der Waals surface area contributed by atoms with Gasteiger partial charge in [0, 0.05) is 26.1 Å². The van der Waals surface area contributed by atoms with Gasteiger partial charge in [-0.3, -0.25) is 4.79 Å². The first-order chi connectivity index (χ1) is 10.1. The van der Waals surface area contributed by atoms with Crippen LogP contribution in [0.4, 0.5) is 0 Å². The first kappa shape index (κ1) is 15.6. The highest BCUT2D eigenvalue weighted by Crippen LogP contribution is 2.34. The summed E-state index contributed by atoms with van der Waals surface area (Å²) in [6.45, 7) is 2.78. The minimum atomic E-state index is -0.428. The topological polar surface area (TPSA) is 64.8 Å². The molecule has 1 aliphatic rings. The highest BCUT2D eigenvalue weighted by molar-refractivity contribution is 5.83. The first-order valence-electron chi connectivity index (χ1n) is 7.39. The maximum absolute atomic E-state index is 12.0. The molecule has 2 atom stereocenters. The molecule has 0 aliphatic carbocycles. The van der Waals surface area contributed by atoms with Gasteiger partial charge in [0.2, 0.25) is 0 Å². The molecule has 2 unspecified atom stereocenters. The molecule has 0 aromatic heterocycles.